The van der Waals surface area contributed by atoms with Gasteiger partial charge < -0.3 is 14.9 Å². The van der Waals surface area contributed by atoms with E-state index < -0.39 is 11.5 Å². The molecule has 1 aliphatic heterocycles. The van der Waals surface area contributed by atoms with E-state index in [-0.39, 0.29) is 39.8 Å². The molecule has 4 nitrogen and oxygen atoms in total. The molecular formula is C30H48O4. The zero-order chi connectivity index (χ0) is 25.1. The molecule has 4 heteroatoms. The van der Waals surface area contributed by atoms with Crippen LogP contribution in [-0.4, -0.2) is 39.9 Å². The Hall–Kier alpha value is -0.710. The lowest BCUT2D eigenvalue weighted by Crippen LogP contribution is -2.60. The monoisotopic (exact) mass is 472 g/mol. The van der Waals surface area contributed by atoms with Crippen molar-refractivity contribution >= 4 is 5.78 Å². The number of ether oxygens (including phenoxy) is 1. The van der Waals surface area contributed by atoms with E-state index in [0.29, 0.717) is 30.1 Å². The summed E-state index contributed by atoms with van der Waals surface area (Å²) >= 11 is 0. The lowest BCUT2D eigenvalue weighted by atomic mass is 9.41. The third kappa shape index (κ3) is 3.16. The largest absolute Gasteiger partial charge is 0.390 e. The Kier molecular flexibility index (Phi) is 5.44. The topological polar surface area (TPSA) is 70.1 Å². The molecule has 192 valence electrons. The summed E-state index contributed by atoms with van der Waals surface area (Å²) in [6, 6.07) is 0. The van der Waals surface area contributed by atoms with Crippen LogP contribution in [0.4, 0.5) is 0 Å². The number of epoxide rings is 1. The Morgan fingerprint density at radius 1 is 1.09 bits per heavy atom. The first-order valence-corrected chi connectivity index (χ1v) is 13.9. The summed E-state index contributed by atoms with van der Waals surface area (Å²) in [5.41, 5.74) is 1.32. The molecule has 0 radical (unpaired) electrons. The summed E-state index contributed by atoms with van der Waals surface area (Å²) in [7, 11) is 0. The van der Waals surface area contributed by atoms with Gasteiger partial charge in [-0.2, -0.15) is 0 Å². The van der Waals surface area contributed by atoms with Crippen molar-refractivity contribution in [2.45, 2.75) is 124 Å². The smallest absolute Gasteiger partial charge is 0.167 e. The van der Waals surface area contributed by atoms with Crippen molar-refractivity contribution in [1.82, 2.24) is 0 Å². The number of ketones is 1. The lowest BCUT2D eigenvalue weighted by molar-refractivity contribution is -0.162. The van der Waals surface area contributed by atoms with Crippen molar-refractivity contribution in [3.63, 3.8) is 0 Å². The molecule has 4 aliphatic carbocycles. The van der Waals surface area contributed by atoms with Crippen LogP contribution in [0, 0.1) is 45.3 Å². The van der Waals surface area contributed by atoms with Gasteiger partial charge in [-0.1, -0.05) is 53.2 Å². The van der Waals surface area contributed by atoms with Gasteiger partial charge in [0.15, 0.2) is 5.78 Å². The van der Waals surface area contributed by atoms with Crippen molar-refractivity contribution in [3.05, 3.63) is 11.6 Å². The first-order valence-electron chi connectivity index (χ1n) is 13.9. The van der Waals surface area contributed by atoms with Gasteiger partial charge in [0.2, 0.25) is 0 Å². The summed E-state index contributed by atoms with van der Waals surface area (Å²) in [6.07, 6.45) is 8.43. The third-order valence-corrected chi connectivity index (χ3v) is 12.3. The molecule has 1 saturated heterocycles. The van der Waals surface area contributed by atoms with Crippen molar-refractivity contribution in [3.8, 4) is 0 Å². The molecule has 0 unspecified atom stereocenters. The molecule has 0 aromatic heterocycles. The molecule has 0 aromatic rings. The van der Waals surface area contributed by atoms with Crippen molar-refractivity contribution in [2.75, 3.05) is 0 Å². The minimum absolute atomic E-state index is 0.0204. The molecule has 3 saturated carbocycles. The molecule has 0 bridgehead atoms. The number of fused-ring (bicyclic) bond motifs is 5. The van der Waals surface area contributed by atoms with E-state index in [1.807, 2.05) is 0 Å². The summed E-state index contributed by atoms with van der Waals surface area (Å²) < 4.78 is 5.74. The Morgan fingerprint density at radius 2 is 1.74 bits per heavy atom. The second-order valence-electron chi connectivity index (χ2n) is 14.7. The first-order chi connectivity index (χ1) is 15.6. The van der Waals surface area contributed by atoms with Crippen molar-refractivity contribution in [1.29, 1.82) is 0 Å². The van der Waals surface area contributed by atoms with Gasteiger partial charge in [0.25, 0.3) is 0 Å². The van der Waals surface area contributed by atoms with E-state index in [0.717, 1.165) is 19.3 Å². The van der Waals surface area contributed by atoms with Gasteiger partial charge in [-0.3, -0.25) is 4.79 Å². The normalized spacial score (nSPS) is 50.5. The second-order valence-corrected chi connectivity index (χ2v) is 14.7. The van der Waals surface area contributed by atoms with Gasteiger partial charge in [-0.25, -0.2) is 0 Å². The first kappa shape index (κ1) is 25.0. The van der Waals surface area contributed by atoms with E-state index in [2.05, 4.69) is 61.5 Å². The van der Waals surface area contributed by atoms with E-state index in [1.165, 1.54) is 19.3 Å². The molecule has 0 aromatic carbocycles. The molecule has 34 heavy (non-hydrogen) atoms. The van der Waals surface area contributed by atoms with Crippen molar-refractivity contribution < 1.29 is 19.7 Å². The molecular weight excluding hydrogens is 424 g/mol. The highest BCUT2D eigenvalue weighted by molar-refractivity contribution is 5.89. The van der Waals surface area contributed by atoms with Crippen LogP contribution in [0.5, 0.6) is 0 Å². The van der Waals surface area contributed by atoms with Gasteiger partial charge in [0.1, 0.15) is 12.2 Å². The van der Waals surface area contributed by atoms with E-state index in [1.54, 1.807) is 5.57 Å². The van der Waals surface area contributed by atoms with E-state index in [9.17, 15) is 15.0 Å². The van der Waals surface area contributed by atoms with Gasteiger partial charge >= 0.3 is 0 Å². The minimum Gasteiger partial charge on any atom is -0.390 e. The van der Waals surface area contributed by atoms with E-state index >= 15 is 0 Å². The maximum atomic E-state index is 12.9. The average Bonchev–Trinajstić information content (AvgIpc) is 3.27. The number of aliphatic hydroxyl groups excluding tert-OH is 2. The van der Waals surface area contributed by atoms with Crippen molar-refractivity contribution in [2.24, 2.45) is 45.3 Å². The number of aliphatic hydroxyl groups is 2. The van der Waals surface area contributed by atoms with Crippen LogP contribution in [0.2, 0.25) is 0 Å². The maximum absolute atomic E-state index is 12.9. The number of allylic oxidation sites excluding steroid dienone is 2. The standard InChI is InChI=1S/C30H48O4/c1-17(15-21(31)25-27(4,5)34-25)18-11-13-30(8)20-9-10-23-26(2,3)24(33)22(32)16-28(23,6)19(20)12-14-29(18,30)7/h9,17-19,21-23,25,31-32H,10-16H2,1-8H3/t17-,18+,19+,21-,22-,23+,25+,28-,29+,30-/m1/s1. The summed E-state index contributed by atoms with van der Waals surface area (Å²) in [5, 5.41) is 21.7. The Morgan fingerprint density at radius 3 is 2.35 bits per heavy atom. The van der Waals surface area contributed by atoms with E-state index in [4.69, 9.17) is 4.74 Å². The number of carbonyl (C=O) groups excluding carboxylic acids is 1. The summed E-state index contributed by atoms with van der Waals surface area (Å²) in [6.45, 7) is 18.0. The van der Waals surface area contributed by atoms with Gasteiger partial charge in [0, 0.05) is 5.41 Å². The minimum atomic E-state index is -0.830. The molecule has 4 fully saturated rings. The second kappa shape index (κ2) is 7.42. The zero-order valence-corrected chi connectivity index (χ0v) is 22.8. The summed E-state index contributed by atoms with van der Waals surface area (Å²) in [4.78, 5) is 12.9. The Bertz CT molecular complexity index is 903. The van der Waals surface area contributed by atoms with Crippen LogP contribution in [-0.2, 0) is 9.53 Å². The Balaban J connectivity index is 1.42. The van der Waals surface area contributed by atoms with Crippen LogP contribution in [0.1, 0.15) is 100 Å². The third-order valence-electron chi connectivity index (χ3n) is 12.3. The molecule has 2 N–H and O–H groups in total. The predicted octanol–water partition coefficient (Wildman–Crippen LogP) is 5.70. The number of Topliss-reactive ketones (excluding diaryl/α,β-unsaturated/α-hetero) is 1. The average molecular weight is 473 g/mol. The fraction of sp³-hybridized carbons (Fsp3) is 0.900. The maximum Gasteiger partial charge on any atom is 0.167 e. The summed E-state index contributed by atoms with van der Waals surface area (Å²) in [5.74, 6) is 1.84. The van der Waals surface area contributed by atoms with Gasteiger partial charge in [0.05, 0.1) is 11.7 Å². The highest BCUT2D eigenvalue weighted by Crippen LogP contribution is 2.73. The van der Waals surface area contributed by atoms with Gasteiger partial charge in [-0.05, 0) is 98.7 Å². The molecule has 5 rings (SSSR count). The number of rotatable bonds is 4. The SMILES string of the molecule is C[C@H](C[C@@H](O)[C@@H]1OC1(C)C)[C@@H]1CC[C@]2(C)C3=CC[C@H]4C(C)(C)C(=O)[C@H](O)C[C@]4(C)[C@H]3CC[C@@]12C. The predicted molar refractivity (Wildman–Crippen MR) is 134 cm³/mol. The number of carbonyl (C=O) groups is 1. The van der Waals surface area contributed by atoms with Gasteiger partial charge in [-0.15, -0.1) is 0 Å². The Labute approximate surface area is 206 Å². The van der Waals surface area contributed by atoms with Crippen LogP contribution < -0.4 is 0 Å². The fourth-order valence-corrected chi connectivity index (χ4v) is 10.1. The van der Waals surface area contributed by atoms with Crippen LogP contribution in [0.15, 0.2) is 11.6 Å². The highest BCUT2D eigenvalue weighted by Gasteiger charge is 2.66. The number of hydrogen-bond donors (Lipinski definition) is 2. The molecule has 10 atom stereocenters. The quantitative estimate of drug-likeness (QED) is 0.407. The van der Waals surface area contributed by atoms with Crippen LogP contribution in [0.25, 0.3) is 0 Å². The lowest BCUT2D eigenvalue weighted by Gasteiger charge is -2.63. The zero-order valence-electron chi connectivity index (χ0n) is 22.8. The highest BCUT2D eigenvalue weighted by atomic mass is 16.6. The molecule has 5 aliphatic rings. The van der Waals surface area contributed by atoms with Crippen LogP contribution >= 0.6 is 0 Å². The molecule has 0 amide bonds. The molecule has 0 spiro atoms. The fourth-order valence-electron chi connectivity index (χ4n) is 10.1. The molecule has 1 heterocycles. The number of hydrogen-bond acceptors (Lipinski definition) is 4. The van der Waals surface area contributed by atoms with Crippen LogP contribution in [0.3, 0.4) is 0 Å².